The fraction of sp³-hybridized carbons (Fsp3) is 0.333. The summed E-state index contributed by atoms with van der Waals surface area (Å²) in [5.41, 5.74) is 1.82. The molecule has 0 radical (unpaired) electrons. The molecule has 0 aliphatic carbocycles. The molecule has 5 nitrogen and oxygen atoms in total. The lowest BCUT2D eigenvalue weighted by atomic mass is 10.2. The minimum absolute atomic E-state index is 0.217. The van der Waals surface area contributed by atoms with E-state index in [1.165, 1.54) is 18.2 Å². The number of anilines is 1. The molecule has 0 saturated carbocycles. The second kappa shape index (κ2) is 9.66. The zero-order valence-corrected chi connectivity index (χ0v) is 16.5. The van der Waals surface area contributed by atoms with E-state index >= 15 is 0 Å². The number of rotatable bonds is 7. The number of nitrogens with zero attached hydrogens (tertiary/aromatic N) is 2. The summed E-state index contributed by atoms with van der Waals surface area (Å²) in [4.78, 5) is 18.1. The average Bonchev–Trinajstić information content (AvgIpc) is 3.11. The third-order valence-electron chi connectivity index (χ3n) is 4.49. The van der Waals surface area contributed by atoms with Crippen LogP contribution in [0.25, 0.3) is 6.08 Å². The van der Waals surface area contributed by atoms with Crippen molar-refractivity contribution >= 4 is 29.5 Å². The Balaban J connectivity index is 1.54. The molecule has 0 bridgehead atoms. The van der Waals surface area contributed by atoms with Crippen molar-refractivity contribution in [2.45, 2.75) is 25.9 Å². The predicted molar refractivity (Wildman–Crippen MR) is 109 cm³/mol. The molecule has 3 rings (SSSR count). The summed E-state index contributed by atoms with van der Waals surface area (Å²) in [6.45, 7) is 4.70. The largest absolute Gasteiger partial charge is 0.463 e. The van der Waals surface area contributed by atoms with Gasteiger partial charge < -0.3 is 10.1 Å². The highest BCUT2D eigenvalue weighted by Gasteiger charge is 2.23. The van der Waals surface area contributed by atoms with Crippen molar-refractivity contribution in [2.75, 3.05) is 25.0 Å². The first-order valence-corrected chi connectivity index (χ1v) is 9.65. The van der Waals surface area contributed by atoms with E-state index in [0.29, 0.717) is 17.4 Å². The van der Waals surface area contributed by atoms with Gasteiger partial charge in [-0.25, -0.2) is 14.2 Å². The fourth-order valence-electron chi connectivity index (χ4n) is 3.14. The van der Waals surface area contributed by atoms with Crippen LogP contribution in [0.1, 0.15) is 24.5 Å². The highest BCUT2D eigenvalue weighted by atomic mass is 35.5. The predicted octanol–water partition coefficient (Wildman–Crippen LogP) is 4.14. The van der Waals surface area contributed by atoms with Gasteiger partial charge in [0.1, 0.15) is 11.6 Å². The Morgan fingerprint density at radius 2 is 2.21 bits per heavy atom. The summed E-state index contributed by atoms with van der Waals surface area (Å²) in [7, 11) is 0. The number of ether oxygens (including phenoxy) is 1. The van der Waals surface area contributed by atoms with E-state index in [0.717, 1.165) is 37.2 Å². The Hall–Kier alpha value is -2.44. The van der Waals surface area contributed by atoms with Crippen LogP contribution < -0.4 is 5.32 Å². The number of likely N-dealkylation sites (tertiary alicyclic amines) is 1. The maximum absolute atomic E-state index is 13.0. The zero-order valence-electron chi connectivity index (χ0n) is 15.7. The molecule has 1 N–H and O–H groups in total. The quantitative estimate of drug-likeness (QED) is 0.556. The fourth-order valence-corrected chi connectivity index (χ4v) is 3.37. The van der Waals surface area contributed by atoms with Gasteiger partial charge in [-0.05, 0) is 48.7 Å². The Morgan fingerprint density at radius 3 is 2.93 bits per heavy atom. The Bertz CT molecular complexity index is 842. The number of aromatic nitrogens is 1. The maximum Gasteiger partial charge on any atom is 0.330 e. The van der Waals surface area contributed by atoms with Crippen LogP contribution in [0.3, 0.4) is 0 Å². The van der Waals surface area contributed by atoms with E-state index in [9.17, 15) is 9.18 Å². The molecule has 1 fully saturated rings. The van der Waals surface area contributed by atoms with E-state index in [1.54, 1.807) is 25.3 Å². The van der Waals surface area contributed by atoms with E-state index < -0.39 is 5.97 Å². The molecule has 2 heterocycles. The molecular formula is C21H23ClFN3O2. The minimum atomic E-state index is -0.395. The molecule has 2 aromatic rings. The number of halogens is 2. The van der Waals surface area contributed by atoms with Crippen LogP contribution in [-0.2, 0) is 16.1 Å². The van der Waals surface area contributed by atoms with Crippen LogP contribution in [0, 0.1) is 5.82 Å². The molecule has 0 unspecified atom stereocenters. The lowest BCUT2D eigenvalue weighted by molar-refractivity contribution is -0.137. The van der Waals surface area contributed by atoms with Crippen molar-refractivity contribution in [3.8, 4) is 0 Å². The highest BCUT2D eigenvalue weighted by molar-refractivity contribution is 6.33. The van der Waals surface area contributed by atoms with Crippen LogP contribution in [0.15, 0.2) is 42.6 Å². The van der Waals surface area contributed by atoms with Crippen molar-refractivity contribution in [3.63, 3.8) is 0 Å². The Kier molecular flexibility index (Phi) is 7.01. The van der Waals surface area contributed by atoms with Gasteiger partial charge in [0.15, 0.2) is 0 Å². The lowest BCUT2D eigenvalue weighted by Gasteiger charge is -2.17. The third-order valence-corrected chi connectivity index (χ3v) is 4.78. The molecule has 1 saturated heterocycles. The van der Waals surface area contributed by atoms with E-state index in [4.69, 9.17) is 16.3 Å². The van der Waals surface area contributed by atoms with Crippen LogP contribution in [0.4, 0.5) is 10.2 Å². The molecule has 1 aliphatic rings. The van der Waals surface area contributed by atoms with Gasteiger partial charge in [-0.15, -0.1) is 0 Å². The lowest BCUT2D eigenvalue weighted by Crippen LogP contribution is -2.26. The number of carbonyl (C=O) groups excluding carboxylic acids is 1. The number of esters is 1. The first-order valence-electron chi connectivity index (χ1n) is 9.27. The molecule has 28 heavy (non-hydrogen) atoms. The zero-order chi connectivity index (χ0) is 19.9. The third kappa shape index (κ3) is 5.78. The monoisotopic (exact) mass is 403 g/mol. The number of carbonyl (C=O) groups is 1. The molecule has 1 aliphatic heterocycles. The number of benzene rings is 1. The van der Waals surface area contributed by atoms with Gasteiger partial charge in [0, 0.05) is 37.9 Å². The normalized spacial score (nSPS) is 17.2. The van der Waals surface area contributed by atoms with E-state index in [1.807, 2.05) is 12.1 Å². The highest BCUT2D eigenvalue weighted by Crippen LogP contribution is 2.24. The van der Waals surface area contributed by atoms with Crippen LogP contribution in [0.2, 0.25) is 5.02 Å². The smallest absolute Gasteiger partial charge is 0.330 e. The summed E-state index contributed by atoms with van der Waals surface area (Å²) in [6.07, 6.45) is 5.62. The first-order chi connectivity index (χ1) is 13.5. The van der Waals surface area contributed by atoms with Gasteiger partial charge in [0.05, 0.1) is 11.6 Å². The second-order valence-electron chi connectivity index (χ2n) is 6.68. The van der Waals surface area contributed by atoms with Crippen LogP contribution in [-0.4, -0.2) is 41.6 Å². The number of nitrogens with one attached hydrogen (secondary N) is 1. The van der Waals surface area contributed by atoms with Gasteiger partial charge in [0.2, 0.25) is 0 Å². The van der Waals surface area contributed by atoms with Gasteiger partial charge >= 0.3 is 5.97 Å². The van der Waals surface area contributed by atoms with Gasteiger partial charge in [-0.3, -0.25) is 4.90 Å². The van der Waals surface area contributed by atoms with Gasteiger partial charge in [-0.1, -0.05) is 23.7 Å². The van der Waals surface area contributed by atoms with Crippen LogP contribution in [0.5, 0.6) is 0 Å². The molecule has 148 valence electrons. The molecule has 1 atom stereocenters. The molecule has 7 heteroatoms. The topological polar surface area (TPSA) is 54.5 Å². The van der Waals surface area contributed by atoms with Gasteiger partial charge in [-0.2, -0.15) is 0 Å². The van der Waals surface area contributed by atoms with Gasteiger partial charge in [0.25, 0.3) is 0 Å². The maximum atomic E-state index is 13.0. The number of pyridine rings is 1. The molecule has 0 amide bonds. The van der Waals surface area contributed by atoms with Crippen molar-refractivity contribution in [1.82, 2.24) is 9.88 Å². The second-order valence-corrected chi connectivity index (χ2v) is 7.08. The Morgan fingerprint density at radius 1 is 1.43 bits per heavy atom. The number of hydrogen-bond donors (Lipinski definition) is 1. The summed E-state index contributed by atoms with van der Waals surface area (Å²) >= 11 is 6.34. The van der Waals surface area contributed by atoms with E-state index in [-0.39, 0.29) is 11.9 Å². The minimum Gasteiger partial charge on any atom is -0.463 e. The Labute approximate surface area is 169 Å². The van der Waals surface area contributed by atoms with Crippen LogP contribution >= 0.6 is 11.6 Å². The summed E-state index contributed by atoms with van der Waals surface area (Å²) < 4.78 is 17.9. The van der Waals surface area contributed by atoms with E-state index in [2.05, 4.69) is 15.2 Å². The molecule has 1 aromatic heterocycles. The first kappa shape index (κ1) is 20.3. The average molecular weight is 404 g/mol. The van der Waals surface area contributed by atoms with Crippen molar-refractivity contribution in [3.05, 3.63) is 64.6 Å². The summed E-state index contributed by atoms with van der Waals surface area (Å²) in [5, 5.41) is 3.89. The summed E-state index contributed by atoms with van der Waals surface area (Å²) in [5.74, 6) is 0.0163. The van der Waals surface area contributed by atoms with Crippen molar-refractivity contribution in [2.24, 2.45) is 0 Å². The molecule has 0 spiro atoms. The van der Waals surface area contributed by atoms with Crippen molar-refractivity contribution < 1.29 is 13.9 Å². The number of hydrogen-bond acceptors (Lipinski definition) is 5. The SMILES string of the molecule is CCOC(=O)C=Cc1cnc(N[C@@H]2CCN(Cc3ccc(F)cc3)C2)c(Cl)c1. The molecule has 1 aromatic carbocycles. The standard InChI is InChI=1S/C21H23ClFN3O2/c1-2-28-20(27)8-5-16-11-19(22)21(24-12-16)25-18-9-10-26(14-18)13-15-3-6-17(23)7-4-15/h3-8,11-12,18H,2,9-10,13-14H2,1H3,(H,24,25)/t18-/m1/s1. The molecular weight excluding hydrogens is 381 g/mol. The van der Waals surface area contributed by atoms with Crippen molar-refractivity contribution in [1.29, 1.82) is 0 Å². The summed E-state index contributed by atoms with van der Waals surface area (Å²) in [6, 6.07) is 8.61.